The van der Waals surface area contributed by atoms with Crippen molar-refractivity contribution in [2.24, 2.45) is 11.7 Å². The monoisotopic (exact) mass is 277 g/mol. The average molecular weight is 277 g/mol. The predicted molar refractivity (Wildman–Crippen MR) is 69.2 cm³/mol. The molecule has 0 aromatic carbocycles. The summed E-state index contributed by atoms with van der Waals surface area (Å²) in [4.78, 5) is 0. The molecular formula is C11H23N3O3S. The van der Waals surface area contributed by atoms with E-state index in [1.54, 1.807) is 0 Å². The van der Waals surface area contributed by atoms with Crippen LogP contribution < -0.4 is 10.5 Å². The second kappa shape index (κ2) is 6.29. The molecule has 2 aliphatic heterocycles. The lowest BCUT2D eigenvalue weighted by atomic mass is 9.99. The Balaban J connectivity index is 1.79. The molecule has 0 aromatic rings. The maximum Gasteiger partial charge on any atom is 0.279 e. The summed E-state index contributed by atoms with van der Waals surface area (Å²) in [5.41, 5.74) is 5.60. The van der Waals surface area contributed by atoms with E-state index in [9.17, 15) is 8.42 Å². The van der Waals surface area contributed by atoms with Gasteiger partial charge in [0.2, 0.25) is 0 Å². The van der Waals surface area contributed by atoms with Crippen LogP contribution in [0.3, 0.4) is 0 Å². The highest BCUT2D eigenvalue weighted by Gasteiger charge is 2.28. The van der Waals surface area contributed by atoms with Crippen molar-refractivity contribution in [1.82, 2.24) is 9.03 Å². The van der Waals surface area contributed by atoms with Gasteiger partial charge < -0.3 is 10.5 Å². The van der Waals surface area contributed by atoms with Gasteiger partial charge in [0.05, 0.1) is 6.10 Å². The van der Waals surface area contributed by atoms with Gasteiger partial charge in [0, 0.05) is 26.2 Å². The first-order valence-electron chi connectivity index (χ1n) is 6.68. The number of ether oxygens (including phenoxy) is 1. The van der Waals surface area contributed by atoms with Crippen molar-refractivity contribution in [3.63, 3.8) is 0 Å². The zero-order valence-electron chi connectivity index (χ0n) is 10.7. The third-order valence-electron chi connectivity index (χ3n) is 3.76. The van der Waals surface area contributed by atoms with Crippen LogP contribution in [0.5, 0.6) is 0 Å². The van der Waals surface area contributed by atoms with Gasteiger partial charge >= 0.3 is 0 Å². The normalized spacial score (nSPS) is 27.7. The maximum absolute atomic E-state index is 12.1. The number of hydrogen-bond donors (Lipinski definition) is 2. The number of rotatable bonds is 5. The van der Waals surface area contributed by atoms with Crippen molar-refractivity contribution in [2.75, 3.05) is 32.8 Å². The number of nitrogens with one attached hydrogen (secondary N) is 1. The predicted octanol–water partition coefficient (Wildman–Crippen LogP) is -0.329. The Bertz CT molecular complexity index is 347. The molecule has 0 spiro atoms. The van der Waals surface area contributed by atoms with Gasteiger partial charge in [0.15, 0.2) is 0 Å². The maximum atomic E-state index is 12.1. The minimum Gasteiger partial charge on any atom is -0.377 e. The van der Waals surface area contributed by atoms with E-state index in [1.807, 2.05) is 0 Å². The van der Waals surface area contributed by atoms with Gasteiger partial charge in [-0.1, -0.05) is 0 Å². The molecule has 106 valence electrons. The van der Waals surface area contributed by atoms with Gasteiger partial charge in [-0.3, -0.25) is 0 Å². The summed E-state index contributed by atoms with van der Waals surface area (Å²) >= 11 is 0. The minimum atomic E-state index is -3.34. The summed E-state index contributed by atoms with van der Waals surface area (Å²) in [5, 5.41) is 0. The van der Waals surface area contributed by atoms with E-state index in [0.717, 1.165) is 32.3 Å². The summed E-state index contributed by atoms with van der Waals surface area (Å²) < 4.78 is 33.7. The van der Waals surface area contributed by atoms with Crippen molar-refractivity contribution in [3.05, 3.63) is 0 Å². The zero-order chi connectivity index (χ0) is 13.0. The lowest BCUT2D eigenvalue weighted by Gasteiger charge is -2.30. The van der Waals surface area contributed by atoms with Crippen molar-refractivity contribution in [1.29, 1.82) is 0 Å². The first kappa shape index (κ1) is 14.2. The number of nitrogens with two attached hydrogens (primary N) is 1. The molecule has 2 saturated heterocycles. The van der Waals surface area contributed by atoms with E-state index < -0.39 is 10.2 Å². The van der Waals surface area contributed by atoms with Gasteiger partial charge in [0.1, 0.15) is 0 Å². The molecule has 0 aliphatic carbocycles. The Kier molecular flexibility index (Phi) is 4.97. The fourth-order valence-corrected chi connectivity index (χ4v) is 3.75. The first-order chi connectivity index (χ1) is 8.62. The molecule has 0 amide bonds. The molecule has 0 radical (unpaired) electrons. The molecule has 2 fully saturated rings. The number of hydrogen-bond acceptors (Lipinski definition) is 4. The van der Waals surface area contributed by atoms with Gasteiger partial charge in [-0.15, -0.1) is 0 Å². The average Bonchev–Trinajstić information content (AvgIpc) is 2.90. The van der Waals surface area contributed by atoms with E-state index in [2.05, 4.69) is 4.72 Å². The summed E-state index contributed by atoms with van der Waals surface area (Å²) in [6, 6.07) is 0. The van der Waals surface area contributed by atoms with Crippen LogP contribution in [0.1, 0.15) is 25.7 Å². The largest absolute Gasteiger partial charge is 0.377 e. The van der Waals surface area contributed by atoms with Crippen LogP contribution in [0.2, 0.25) is 0 Å². The molecule has 1 atom stereocenters. The molecule has 0 aromatic heterocycles. The summed E-state index contributed by atoms with van der Waals surface area (Å²) in [5.74, 6) is 0.467. The molecular weight excluding hydrogens is 254 g/mol. The van der Waals surface area contributed by atoms with Crippen LogP contribution >= 0.6 is 0 Å². The molecule has 3 N–H and O–H groups in total. The summed E-state index contributed by atoms with van der Waals surface area (Å²) in [6.45, 7) is 2.93. The van der Waals surface area contributed by atoms with E-state index in [4.69, 9.17) is 10.5 Å². The minimum absolute atomic E-state index is 0.0429. The van der Waals surface area contributed by atoms with Crippen LogP contribution in [-0.4, -0.2) is 51.6 Å². The Morgan fingerprint density at radius 2 is 2.00 bits per heavy atom. The van der Waals surface area contributed by atoms with Crippen LogP contribution in [0.15, 0.2) is 0 Å². The van der Waals surface area contributed by atoms with Crippen LogP contribution in [0.4, 0.5) is 0 Å². The molecule has 2 aliphatic rings. The zero-order valence-corrected chi connectivity index (χ0v) is 11.5. The highest BCUT2D eigenvalue weighted by Crippen LogP contribution is 2.18. The lowest BCUT2D eigenvalue weighted by molar-refractivity contribution is 0.114. The van der Waals surface area contributed by atoms with Crippen molar-refractivity contribution in [3.8, 4) is 0 Å². The van der Waals surface area contributed by atoms with Gasteiger partial charge in [-0.2, -0.15) is 17.4 Å². The van der Waals surface area contributed by atoms with Crippen molar-refractivity contribution >= 4 is 10.2 Å². The smallest absolute Gasteiger partial charge is 0.279 e. The second-order valence-electron chi connectivity index (χ2n) is 5.07. The molecule has 2 heterocycles. The standard InChI is InChI=1S/C11H23N3O3S/c12-8-10-3-5-14(6-4-10)18(15,16)13-9-11-2-1-7-17-11/h10-11,13H,1-9,12H2. The quantitative estimate of drug-likeness (QED) is 0.721. The van der Waals surface area contributed by atoms with Gasteiger partial charge in [0.25, 0.3) is 10.2 Å². The topological polar surface area (TPSA) is 84.7 Å². The summed E-state index contributed by atoms with van der Waals surface area (Å²) in [7, 11) is -3.34. The van der Waals surface area contributed by atoms with Crippen molar-refractivity contribution < 1.29 is 13.2 Å². The third-order valence-corrected chi connectivity index (χ3v) is 5.34. The van der Waals surface area contributed by atoms with Crippen LogP contribution in [-0.2, 0) is 14.9 Å². The lowest BCUT2D eigenvalue weighted by Crippen LogP contribution is -2.47. The fourth-order valence-electron chi connectivity index (χ4n) is 2.48. The molecule has 6 nitrogen and oxygen atoms in total. The molecule has 0 saturated carbocycles. The SMILES string of the molecule is NCC1CCN(S(=O)(=O)NCC2CCCO2)CC1. The first-order valence-corrected chi connectivity index (χ1v) is 8.12. The highest BCUT2D eigenvalue weighted by atomic mass is 32.2. The van der Waals surface area contributed by atoms with E-state index in [1.165, 1.54) is 4.31 Å². The Morgan fingerprint density at radius 1 is 1.28 bits per heavy atom. The molecule has 2 rings (SSSR count). The Labute approximate surface area is 109 Å². The molecule has 1 unspecified atom stereocenters. The van der Waals surface area contributed by atoms with Crippen LogP contribution in [0, 0.1) is 5.92 Å². The fraction of sp³-hybridized carbons (Fsp3) is 1.00. The highest BCUT2D eigenvalue weighted by molar-refractivity contribution is 7.87. The molecule has 7 heteroatoms. The summed E-state index contributed by atoms with van der Waals surface area (Å²) in [6.07, 6.45) is 3.72. The van der Waals surface area contributed by atoms with Crippen LogP contribution in [0.25, 0.3) is 0 Å². The second-order valence-corrected chi connectivity index (χ2v) is 6.82. The number of piperidine rings is 1. The van der Waals surface area contributed by atoms with Gasteiger partial charge in [-0.05, 0) is 38.1 Å². The Hall–Kier alpha value is -0.210. The van der Waals surface area contributed by atoms with E-state index in [-0.39, 0.29) is 6.10 Å². The third kappa shape index (κ3) is 3.64. The molecule has 18 heavy (non-hydrogen) atoms. The molecule has 0 bridgehead atoms. The van der Waals surface area contributed by atoms with Gasteiger partial charge in [-0.25, -0.2) is 0 Å². The Morgan fingerprint density at radius 3 is 2.56 bits per heavy atom. The van der Waals surface area contributed by atoms with E-state index in [0.29, 0.717) is 32.1 Å². The number of nitrogens with zero attached hydrogens (tertiary/aromatic N) is 1. The van der Waals surface area contributed by atoms with E-state index >= 15 is 0 Å². The van der Waals surface area contributed by atoms with Crippen molar-refractivity contribution in [2.45, 2.75) is 31.8 Å².